The predicted octanol–water partition coefficient (Wildman–Crippen LogP) is 3.59. The second-order valence-corrected chi connectivity index (χ2v) is 6.67. The maximum Gasteiger partial charge on any atom is 0.251 e. The average molecular weight is 344 g/mol. The normalized spacial score (nSPS) is 13.4. The smallest absolute Gasteiger partial charge is 0.251 e. The minimum Gasteiger partial charge on any atom is -0.383 e. The van der Waals surface area contributed by atoms with Gasteiger partial charge in [-0.25, -0.2) is 4.98 Å². The van der Waals surface area contributed by atoms with Crippen LogP contribution in [0.25, 0.3) is 22.3 Å². The largest absolute Gasteiger partial charge is 0.383 e. The van der Waals surface area contributed by atoms with Crippen molar-refractivity contribution in [1.82, 2.24) is 15.3 Å². The number of carbonyl (C=O) groups excluding carboxylic acids is 1. The predicted molar refractivity (Wildman–Crippen MR) is 103 cm³/mol. The Morgan fingerprint density at radius 2 is 1.69 bits per heavy atom. The van der Waals surface area contributed by atoms with Crippen molar-refractivity contribution in [2.45, 2.75) is 25.8 Å². The molecule has 2 heterocycles. The van der Waals surface area contributed by atoms with Gasteiger partial charge in [-0.2, -0.15) is 0 Å². The standard InChI is InChI=1S/C21H20N4O/c1-13-2-3-16(11-23-13)19-10-17(12-24-20(19)22)14-4-6-15(7-5-14)21(26)25-18-8-9-18/h2-7,10-12,18H,8-9H2,1H3,(H2,22,24)(H,25,26). The van der Waals surface area contributed by atoms with Gasteiger partial charge in [0.25, 0.3) is 5.91 Å². The highest BCUT2D eigenvalue weighted by Gasteiger charge is 2.23. The van der Waals surface area contributed by atoms with Crippen molar-refractivity contribution in [3.05, 3.63) is 66.1 Å². The summed E-state index contributed by atoms with van der Waals surface area (Å²) in [4.78, 5) is 20.8. The Kier molecular flexibility index (Phi) is 4.13. The van der Waals surface area contributed by atoms with Crippen LogP contribution in [-0.2, 0) is 0 Å². The van der Waals surface area contributed by atoms with E-state index in [4.69, 9.17) is 5.73 Å². The molecular weight excluding hydrogens is 324 g/mol. The molecule has 3 N–H and O–H groups in total. The Balaban J connectivity index is 1.62. The Labute approximate surface area is 152 Å². The van der Waals surface area contributed by atoms with E-state index >= 15 is 0 Å². The lowest BCUT2D eigenvalue weighted by Crippen LogP contribution is -2.25. The summed E-state index contributed by atoms with van der Waals surface area (Å²) >= 11 is 0. The molecule has 26 heavy (non-hydrogen) atoms. The molecule has 0 aliphatic heterocycles. The number of anilines is 1. The molecule has 0 atom stereocenters. The molecule has 0 spiro atoms. The van der Waals surface area contributed by atoms with E-state index in [2.05, 4.69) is 15.3 Å². The van der Waals surface area contributed by atoms with Crippen molar-refractivity contribution in [2.24, 2.45) is 0 Å². The molecule has 3 aromatic rings. The van der Waals surface area contributed by atoms with E-state index in [0.29, 0.717) is 17.4 Å². The number of amides is 1. The van der Waals surface area contributed by atoms with Gasteiger partial charge in [0.05, 0.1) is 0 Å². The molecular formula is C21H20N4O. The molecule has 0 radical (unpaired) electrons. The van der Waals surface area contributed by atoms with Crippen molar-refractivity contribution in [1.29, 1.82) is 0 Å². The van der Waals surface area contributed by atoms with Gasteiger partial charge in [0.1, 0.15) is 5.82 Å². The van der Waals surface area contributed by atoms with E-state index in [0.717, 1.165) is 40.8 Å². The maximum atomic E-state index is 12.1. The minimum absolute atomic E-state index is 0.0131. The monoisotopic (exact) mass is 344 g/mol. The summed E-state index contributed by atoms with van der Waals surface area (Å²) in [5.74, 6) is 0.459. The lowest BCUT2D eigenvalue weighted by molar-refractivity contribution is 0.0951. The molecule has 0 bridgehead atoms. The molecule has 130 valence electrons. The van der Waals surface area contributed by atoms with Gasteiger partial charge in [-0.15, -0.1) is 0 Å². The van der Waals surface area contributed by atoms with Crippen molar-refractivity contribution >= 4 is 11.7 Å². The maximum absolute atomic E-state index is 12.1. The highest BCUT2D eigenvalue weighted by molar-refractivity contribution is 5.95. The topological polar surface area (TPSA) is 80.9 Å². The Bertz CT molecular complexity index is 945. The lowest BCUT2D eigenvalue weighted by Gasteiger charge is -2.09. The first-order valence-electron chi connectivity index (χ1n) is 8.70. The summed E-state index contributed by atoms with van der Waals surface area (Å²) in [5.41, 5.74) is 11.4. The van der Waals surface area contributed by atoms with Crippen molar-refractivity contribution in [3.8, 4) is 22.3 Å². The lowest BCUT2D eigenvalue weighted by atomic mass is 10.0. The fourth-order valence-electron chi connectivity index (χ4n) is 2.80. The van der Waals surface area contributed by atoms with E-state index in [1.165, 1.54) is 0 Å². The number of carbonyl (C=O) groups is 1. The molecule has 5 heteroatoms. The second kappa shape index (κ2) is 6.59. The van der Waals surface area contributed by atoms with Gasteiger partial charge in [-0.1, -0.05) is 18.2 Å². The van der Waals surface area contributed by atoms with Gasteiger partial charge in [-0.3, -0.25) is 9.78 Å². The van der Waals surface area contributed by atoms with Crippen LogP contribution in [0.1, 0.15) is 28.9 Å². The number of hydrogen-bond acceptors (Lipinski definition) is 4. The fourth-order valence-corrected chi connectivity index (χ4v) is 2.80. The zero-order chi connectivity index (χ0) is 18.1. The van der Waals surface area contributed by atoms with Crippen LogP contribution in [0.4, 0.5) is 5.82 Å². The van der Waals surface area contributed by atoms with E-state index in [9.17, 15) is 4.79 Å². The Morgan fingerprint density at radius 1 is 1.00 bits per heavy atom. The summed E-state index contributed by atoms with van der Waals surface area (Å²) in [6.07, 6.45) is 5.71. The summed E-state index contributed by atoms with van der Waals surface area (Å²) in [6, 6.07) is 13.9. The number of rotatable bonds is 4. The average Bonchev–Trinajstić information content (AvgIpc) is 3.47. The number of aromatic nitrogens is 2. The number of nitrogens with zero attached hydrogens (tertiary/aromatic N) is 2. The number of hydrogen-bond donors (Lipinski definition) is 2. The summed E-state index contributed by atoms with van der Waals surface area (Å²) in [5, 5.41) is 3.00. The third-order valence-electron chi connectivity index (χ3n) is 4.53. The first kappa shape index (κ1) is 16.3. The zero-order valence-electron chi connectivity index (χ0n) is 14.6. The highest BCUT2D eigenvalue weighted by Crippen LogP contribution is 2.29. The summed E-state index contributed by atoms with van der Waals surface area (Å²) in [7, 11) is 0. The van der Waals surface area contributed by atoms with Gasteiger partial charge in [0.15, 0.2) is 0 Å². The fraction of sp³-hybridized carbons (Fsp3) is 0.190. The van der Waals surface area contributed by atoms with Crippen LogP contribution in [0.15, 0.2) is 54.9 Å². The molecule has 1 fully saturated rings. The van der Waals surface area contributed by atoms with Gasteiger partial charge in [0, 0.05) is 46.4 Å². The van der Waals surface area contributed by atoms with Crippen LogP contribution in [0.5, 0.6) is 0 Å². The molecule has 1 saturated carbocycles. The first-order valence-corrected chi connectivity index (χ1v) is 8.70. The summed E-state index contributed by atoms with van der Waals surface area (Å²) in [6.45, 7) is 1.95. The zero-order valence-corrected chi connectivity index (χ0v) is 14.6. The SMILES string of the molecule is Cc1ccc(-c2cc(-c3ccc(C(=O)NC4CC4)cc3)cnc2N)cn1. The van der Waals surface area contributed by atoms with E-state index in [1.54, 1.807) is 12.4 Å². The Hall–Kier alpha value is -3.21. The van der Waals surface area contributed by atoms with Gasteiger partial charge in [-0.05, 0) is 49.6 Å². The van der Waals surface area contributed by atoms with Crippen LogP contribution >= 0.6 is 0 Å². The van der Waals surface area contributed by atoms with E-state index in [-0.39, 0.29) is 5.91 Å². The first-order chi connectivity index (χ1) is 12.6. The van der Waals surface area contributed by atoms with Gasteiger partial charge >= 0.3 is 0 Å². The van der Waals surface area contributed by atoms with E-state index in [1.807, 2.05) is 49.4 Å². The summed E-state index contributed by atoms with van der Waals surface area (Å²) < 4.78 is 0. The van der Waals surface area contributed by atoms with Gasteiger partial charge in [0.2, 0.25) is 0 Å². The van der Waals surface area contributed by atoms with Crippen molar-refractivity contribution in [2.75, 3.05) is 5.73 Å². The number of aryl methyl sites for hydroxylation is 1. The number of pyridine rings is 2. The van der Waals surface area contributed by atoms with Crippen LogP contribution in [0, 0.1) is 6.92 Å². The number of nitrogens with two attached hydrogens (primary N) is 1. The number of nitrogen functional groups attached to an aromatic ring is 1. The van der Waals surface area contributed by atoms with Crippen LogP contribution in [0.3, 0.4) is 0 Å². The van der Waals surface area contributed by atoms with Gasteiger partial charge < -0.3 is 11.1 Å². The van der Waals surface area contributed by atoms with Crippen molar-refractivity contribution < 1.29 is 4.79 Å². The molecule has 4 rings (SSSR count). The minimum atomic E-state index is -0.0131. The molecule has 0 saturated heterocycles. The van der Waals surface area contributed by atoms with E-state index < -0.39 is 0 Å². The quantitative estimate of drug-likeness (QED) is 0.758. The second-order valence-electron chi connectivity index (χ2n) is 6.67. The van der Waals surface area contributed by atoms with Crippen LogP contribution in [0.2, 0.25) is 0 Å². The molecule has 5 nitrogen and oxygen atoms in total. The van der Waals surface area contributed by atoms with Crippen LogP contribution < -0.4 is 11.1 Å². The highest BCUT2D eigenvalue weighted by atomic mass is 16.1. The molecule has 1 aliphatic rings. The molecule has 2 aromatic heterocycles. The van der Waals surface area contributed by atoms with Crippen LogP contribution in [-0.4, -0.2) is 21.9 Å². The third kappa shape index (κ3) is 3.42. The number of nitrogens with one attached hydrogen (secondary N) is 1. The molecule has 0 unspecified atom stereocenters. The number of benzene rings is 1. The molecule has 1 amide bonds. The Morgan fingerprint density at radius 3 is 2.35 bits per heavy atom. The molecule has 1 aromatic carbocycles. The molecule has 1 aliphatic carbocycles. The third-order valence-corrected chi connectivity index (χ3v) is 4.53. The van der Waals surface area contributed by atoms with Crippen molar-refractivity contribution in [3.63, 3.8) is 0 Å².